The number of nitrogens with one attached hydrogen (secondary N) is 1. The first-order chi connectivity index (χ1) is 9.93. The van der Waals surface area contributed by atoms with Crippen LogP contribution in [0.2, 0.25) is 0 Å². The minimum Gasteiger partial charge on any atom is -0.354 e. The number of nitriles is 1. The summed E-state index contributed by atoms with van der Waals surface area (Å²) in [5, 5.41) is 11.7. The summed E-state index contributed by atoms with van der Waals surface area (Å²) in [6, 6.07) is 8.91. The monoisotopic (exact) mass is 287 g/mol. The Morgan fingerprint density at radius 2 is 2.10 bits per heavy atom. The van der Waals surface area contributed by atoms with E-state index in [0.29, 0.717) is 36.7 Å². The van der Waals surface area contributed by atoms with Crippen LogP contribution in [0.25, 0.3) is 0 Å². The van der Waals surface area contributed by atoms with Crippen LogP contribution in [0.5, 0.6) is 0 Å². The summed E-state index contributed by atoms with van der Waals surface area (Å²) >= 11 is 0. The molecule has 1 N–H and O–H groups in total. The topological polar surface area (TPSA) is 73.2 Å². The van der Waals surface area contributed by atoms with Crippen molar-refractivity contribution in [3.05, 3.63) is 29.8 Å². The molecular weight excluding hydrogens is 266 g/mol. The van der Waals surface area contributed by atoms with E-state index in [9.17, 15) is 9.59 Å². The van der Waals surface area contributed by atoms with Crippen molar-refractivity contribution >= 4 is 17.5 Å². The molecule has 0 aromatic heterocycles. The minimum absolute atomic E-state index is 0.0146. The van der Waals surface area contributed by atoms with Gasteiger partial charge in [-0.2, -0.15) is 5.26 Å². The van der Waals surface area contributed by atoms with Crippen molar-refractivity contribution in [2.24, 2.45) is 5.92 Å². The van der Waals surface area contributed by atoms with Crippen molar-refractivity contribution in [3.63, 3.8) is 0 Å². The molecule has 0 fully saturated rings. The van der Waals surface area contributed by atoms with E-state index in [-0.39, 0.29) is 11.8 Å². The minimum atomic E-state index is -0.122. The van der Waals surface area contributed by atoms with Crippen LogP contribution in [0.1, 0.15) is 32.8 Å². The zero-order valence-corrected chi connectivity index (χ0v) is 12.7. The molecule has 2 amide bonds. The van der Waals surface area contributed by atoms with Gasteiger partial charge >= 0.3 is 0 Å². The molecule has 0 spiro atoms. The van der Waals surface area contributed by atoms with Crippen LogP contribution in [-0.2, 0) is 9.59 Å². The van der Waals surface area contributed by atoms with E-state index in [1.807, 2.05) is 19.9 Å². The van der Waals surface area contributed by atoms with Crippen LogP contribution in [0, 0.1) is 17.2 Å². The molecule has 0 saturated carbocycles. The van der Waals surface area contributed by atoms with Crippen LogP contribution < -0.4 is 10.2 Å². The molecule has 1 aromatic carbocycles. The fourth-order valence-corrected chi connectivity index (χ4v) is 1.96. The molecule has 0 aliphatic heterocycles. The van der Waals surface area contributed by atoms with E-state index < -0.39 is 0 Å². The molecule has 0 heterocycles. The van der Waals surface area contributed by atoms with Crippen molar-refractivity contribution < 1.29 is 9.59 Å². The van der Waals surface area contributed by atoms with Gasteiger partial charge < -0.3 is 10.2 Å². The third-order valence-corrected chi connectivity index (χ3v) is 2.92. The highest BCUT2D eigenvalue weighted by Gasteiger charge is 2.12. The normalized spacial score (nSPS) is 10.0. The number of benzene rings is 1. The van der Waals surface area contributed by atoms with E-state index in [4.69, 9.17) is 5.26 Å². The largest absolute Gasteiger partial charge is 0.354 e. The number of rotatable bonds is 6. The number of hydrogen-bond donors (Lipinski definition) is 1. The third kappa shape index (κ3) is 5.65. The molecule has 1 aromatic rings. The molecule has 112 valence electrons. The molecule has 1 rings (SSSR count). The Kier molecular flexibility index (Phi) is 6.41. The van der Waals surface area contributed by atoms with Gasteiger partial charge in [0.2, 0.25) is 11.8 Å². The molecule has 0 bridgehead atoms. The number of hydrogen-bond acceptors (Lipinski definition) is 3. The van der Waals surface area contributed by atoms with Gasteiger partial charge in [-0.05, 0) is 24.1 Å². The van der Waals surface area contributed by atoms with Gasteiger partial charge in [-0.25, -0.2) is 0 Å². The van der Waals surface area contributed by atoms with Crippen molar-refractivity contribution in [1.82, 2.24) is 5.32 Å². The number of carbonyl (C=O) groups excluding carboxylic acids is 2. The van der Waals surface area contributed by atoms with Gasteiger partial charge in [0, 0.05) is 32.1 Å². The van der Waals surface area contributed by atoms with Gasteiger partial charge in [-0.1, -0.05) is 19.9 Å². The number of nitrogens with zero attached hydrogens (tertiary/aromatic N) is 2. The highest BCUT2D eigenvalue weighted by Crippen LogP contribution is 2.15. The van der Waals surface area contributed by atoms with Crippen LogP contribution in [0.4, 0.5) is 5.69 Å². The lowest BCUT2D eigenvalue weighted by molar-refractivity contribution is -0.122. The smallest absolute Gasteiger partial charge is 0.223 e. The Labute approximate surface area is 125 Å². The molecular formula is C16H21N3O2. The van der Waals surface area contributed by atoms with E-state index in [2.05, 4.69) is 5.32 Å². The fourth-order valence-electron chi connectivity index (χ4n) is 1.96. The Morgan fingerprint density at radius 3 is 2.67 bits per heavy atom. The quantitative estimate of drug-likeness (QED) is 0.870. The first-order valence-electron chi connectivity index (χ1n) is 6.99. The Hall–Kier alpha value is -2.35. The van der Waals surface area contributed by atoms with Crippen LogP contribution in [-0.4, -0.2) is 24.9 Å². The molecule has 0 atom stereocenters. The summed E-state index contributed by atoms with van der Waals surface area (Å²) in [6.45, 7) is 6.20. The van der Waals surface area contributed by atoms with Gasteiger partial charge in [0.1, 0.15) is 0 Å². The average molecular weight is 287 g/mol. The maximum absolute atomic E-state index is 11.7. The maximum Gasteiger partial charge on any atom is 0.223 e. The summed E-state index contributed by atoms with van der Waals surface area (Å²) in [7, 11) is 0. The summed E-state index contributed by atoms with van der Waals surface area (Å²) in [4.78, 5) is 24.9. The van der Waals surface area contributed by atoms with Crippen LogP contribution in [0.3, 0.4) is 0 Å². The molecule has 5 heteroatoms. The lowest BCUT2D eigenvalue weighted by Crippen LogP contribution is -2.37. The summed E-state index contributed by atoms with van der Waals surface area (Å²) in [6.07, 6.45) is 0.476. The van der Waals surface area contributed by atoms with Gasteiger partial charge in [0.05, 0.1) is 11.6 Å². The Balaban J connectivity index is 2.65. The Morgan fingerprint density at radius 1 is 1.38 bits per heavy atom. The predicted molar refractivity (Wildman–Crippen MR) is 81.6 cm³/mol. The second kappa shape index (κ2) is 8.05. The molecule has 5 nitrogen and oxygen atoms in total. The average Bonchev–Trinajstić information content (AvgIpc) is 2.42. The molecule has 0 unspecified atom stereocenters. The predicted octanol–water partition coefficient (Wildman–Crippen LogP) is 2.07. The van der Waals surface area contributed by atoms with Gasteiger partial charge in [-0.15, -0.1) is 0 Å². The van der Waals surface area contributed by atoms with Crippen LogP contribution >= 0.6 is 0 Å². The van der Waals surface area contributed by atoms with Crippen molar-refractivity contribution in [1.29, 1.82) is 5.26 Å². The summed E-state index contributed by atoms with van der Waals surface area (Å²) < 4.78 is 0. The van der Waals surface area contributed by atoms with Crippen molar-refractivity contribution in [3.8, 4) is 6.07 Å². The second-order valence-electron chi connectivity index (χ2n) is 5.28. The van der Waals surface area contributed by atoms with Crippen molar-refractivity contribution in [2.45, 2.75) is 27.2 Å². The number of amides is 2. The number of carbonyl (C=O) groups is 2. The van der Waals surface area contributed by atoms with Gasteiger partial charge in [0.25, 0.3) is 0 Å². The Bertz CT molecular complexity index is 547. The van der Waals surface area contributed by atoms with Crippen LogP contribution in [0.15, 0.2) is 24.3 Å². The van der Waals surface area contributed by atoms with E-state index in [1.54, 1.807) is 29.2 Å². The lowest BCUT2D eigenvalue weighted by atomic mass is 10.1. The van der Waals surface area contributed by atoms with E-state index in [1.165, 1.54) is 6.92 Å². The molecule has 21 heavy (non-hydrogen) atoms. The lowest BCUT2D eigenvalue weighted by Gasteiger charge is -2.21. The van der Waals surface area contributed by atoms with Crippen molar-refractivity contribution in [2.75, 3.05) is 18.0 Å². The zero-order valence-electron chi connectivity index (χ0n) is 12.7. The van der Waals surface area contributed by atoms with Gasteiger partial charge in [0.15, 0.2) is 0 Å². The van der Waals surface area contributed by atoms with Gasteiger partial charge in [-0.3, -0.25) is 9.59 Å². The number of anilines is 1. The highest BCUT2D eigenvalue weighted by atomic mass is 16.2. The third-order valence-electron chi connectivity index (χ3n) is 2.92. The van der Waals surface area contributed by atoms with E-state index in [0.717, 1.165) is 0 Å². The summed E-state index contributed by atoms with van der Waals surface area (Å²) in [5.74, 6) is 0.170. The molecule has 0 aliphatic carbocycles. The summed E-state index contributed by atoms with van der Waals surface area (Å²) in [5.41, 5.74) is 1.17. The highest BCUT2D eigenvalue weighted by molar-refractivity contribution is 5.91. The SMILES string of the molecule is CC(=O)N(CCNC(=O)CC(C)C)c1cccc(C#N)c1. The first kappa shape index (κ1) is 16.7. The van der Waals surface area contributed by atoms with E-state index >= 15 is 0 Å². The fraction of sp³-hybridized carbons (Fsp3) is 0.438. The standard InChI is InChI=1S/C16H21N3O2/c1-12(2)9-16(21)18-7-8-19(13(3)20)15-6-4-5-14(10-15)11-17/h4-6,10,12H,7-9H2,1-3H3,(H,18,21). The molecule has 0 radical (unpaired) electrons. The molecule has 0 saturated heterocycles. The second-order valence-corrected chi connectivity index (χ2v) is 5.28. The zero-order chi connectivity index (χ0) is 15.8. The molecule has 0 aliphatic rings. The maximum atomic E-state index is 11.7. The first-order valence-corrected chi connectivity index (χ1v) is 6.99.